The van der Waals surface area contributed by atoms with Crippen molar-refractivity contribution in [2.45, 2.75) is 52.5 Å². The van der Waals surface area contributed by atoms with Crippen molar-refractivity contribution in [2.75, 3.05) is 6.54 Å². The van der Waals surface area contributed by atoms with Crippen LogP contribution in [0.4, 0.5) is 0 Å². The van der Waals surface area contributed by atoms with E-state index in [1.807, 2.05) is 0 Å². The molecule has 1 saturated heterocycles. The highest BCUT2D eigenvalue weighted by Crippen LogP contribution is 2.44. The van der Waals surface area contributed by atoms with E-state index in [4.69, 9.17) is 0 Å². The maximum atomic E-state index is 3.51. The largest absolute Gasteiger partial charge is 0.311 e. The zero-order chi connectivity index (χ0) is 9.47. The lowest BCUT2D eigenvalue weighted by atomic mass is 9.75. The first kappa shape index (κ1) is 9.51. The number of hydrogen-bond donors (Lipinski definition) is 1. The fraction of sp³-hybridized carbons (Fsp3) is 1.00. The van der Waals surface area contributed by atoms with Crippen molar-refractivity contribution in [3.8, 4) is 0 Å². The first-order valence-electron chi connectivity index (χ1n) is 5.83. The Bertz CT molecular complexity index is 172. The van der Waals surface area contributed by atoms with E-state index in [-0.39, 0.29) is 0 Å². The molecule has 0 aromatic heterocycles. The normalized spacial score (nSPS) is 51.5. The second kappa shape index (κ2) is 3.27. The minimum Gasteiger partial charge on any atom is -0.311 e. The van der Waals surface area contributed by atoms with Crippen LogP contribution in [0.2, 0.25) is 0 Å². The standard InChI is InChI=1S/C12H23N/c1-9-4-5-10(2)7-12(3,6-9)11-8-13-11/h9-11,13H,4-8H2,1-3H3. The maximum Gasteiger partial charge on any atom is 0.0247 e. The van der Waals surface area contributed by atoms with Crippen molar-refractivity contribution >= 4 is 0 Å². The summed E-state index contributed by atoms with van der Waals surface area (Å²) in [5.74, 6) is 1.88. The Labute approximate surface area is 82.3 Å². The topological polar surface area (TPSA) is 21.9 Å². The molecular weight excluding hydrogens is 158 g/mol. The van der Waals surface area contributed by atoms with Gasteiger partial charge in [0.25, 0.3) is 0 Å². The van der Waals surface area contributed by atoms with Gasteiger partial charge in [-0.05, 0) is 30.1 Å². The van der Waals surface area contributed by atoms with E-state index >= 15 is 0 Å². The first-order chi connectivity index (χ1) is 6.10. The van der Waals surface area contributed by atoms with E-state index in [0.29, 0.717) is 5.41 Å². The van der Waals surface area contributed by atoms with E-state index in [2.05, 4.69) is 26.1 Å². The van der Waals surface area contributed by atoms with Crippen molar-refractivity contribution in [3.05, 3.63) is 0 Å². The van der Waals surface area contributed by atoms with Crippen molar-refractivity contribution in [1.82, 2.24) is 5.32 Å². The molecule has 3 unspecified atom stereocenters. The summed E-state index contributed by atoms with van der Waals surface area (Å²) in [4.78, 5) is 0. The van der Waals surface area contributed by atoms with Gasteiger partial charge in [0.15, 0.2) is 0 Å². The van der Waals surface area contributed by atoms with E-state index in [0.717, 1.165) is 17.9 Å². The number of nitrogens with one attached hydrogen (secondary N) is 1. The van der Waals surface area contributed by atoms with E-state index in [1.54, 1.807) is 0 Å². The summed E-state index contributed by atoms with van der Waals surface area (Å²) in [5, 5.41) is 3.51. The fourth-order valence-electron chi connectivity index (χ4n) is 3.28. The van der Waals surface area contributed by atoms with Gasteiger partial charge < -0.3 is 5.32 Å². The Morgan fingerprint density at radius 2 is 1.54 bits per heavy atom. The van der Waals surface area contributed by atoms with Gasteiger partial charge in [0.05, 0.1) is 0 Å². The van der Waals surface area contributed by atoms with Crippen LogP contribution in [-0.4, -0.2) is 12.6 Å². The Kier molecular flexibility index (Phi) is 2.39. The van der Waals surface area contributed by atoms with Crippen molar-refractivity contribution < 1.29 is 0 Å². The molecule has 0 spiro atoms. The molecular formula is C12H23N. The van der Waals surface area contributed by atoms with Crippen LogP contribution in [0, 0.1) is 17.3 Å². The Morgan fingerprint density at radius 1 is 1.08 bits per heavy atom. The molecule has 76 valence electrons. The van der Waals surface area contributed by atoms with Crippen molar-refractivity contribution in [1.29, 1.82) is 0 Å². The predicted octanol–water partition coefficient (Wildman–Crippen LogP) is 2.81. The summed E-state index contributed by atoms with van der Waals surface area (Å²) in [6.45, 7) is 8.63. The van der Waals surface area contributed by atoms with Crippen LogP contribution in [0.5, 0.6) is 0 Å². The number of rotatable bonds is 1. The zero-order valence-electron chi connectivity index (χ0n) is 9.27. The molecule has 2 rings (SSSR count). The number of hydrogen-bond acceptors (Lipinski definition) is 1. The highest BCUT2D eigenvalue weighted by molar-refractivity contribution is 5.00. The molecule has 1 heterocycles. The molecule has 0 radical (unpaired) electrons. The van der Waals surface area contributed by atoms with Gasteiger partial charge in [-0.15, -0.1) is 0 Å². The Morgan fingerprint density at radius 3 is 1.92 bits per heavy atom. The molecule has 2 fully saturated rings. The molecule has 2 aliphatic rings. The summed E-state index contributed by atoms with van der Waals surface area (Å²) in [5.41, 5.74) is 0.606. The smallest absolute Gasteiger partial charge is 0.0247 e. The van der Waals surface area contributed by atoms with Crippen LogP contribution in [0.3, 0.4) is 0 Å². The van der Waals surface area contributed by atoms with Crippen LogP contribution in [0.25, 0.3) is 0 Å². The molecule has 0 amide bonds. The van der Waals surface area contributed by atoms with Gasteiger partial charge in [-0.2, -0.15) is 0 Å². The quantitative estimate of drug-likeness (QED) is 0.487. The third-order valence-electron chi connectivity index (χ3n) is 4.03. The Balaban J connectivity index is 2.06. The highest BCUT2D eigenvalue weighted by atomic mass is 15.1. The third-order valence-corrected chi connectivity index (χ3v) is 4.03. The predicted molar refractivity (Wildman–Crippen MR) is 56.7 cm³/mol. The summed E-state index contributed by atoms with van der Waals surface area (Å²) < 4.78 is 0. The SMILES string of the molecule is CC1CCC(C)CC(C)(C2CN2)C1. The Hall–Kier alpha value is -0.0400. The second-order valence-electron chi connectivity index (χ2n) is 5.81. The van der Waals surface area contributed by atoms with Crippen LogP contribution in [-0.2, 0) is 0 Å². The van der Waals surface area contributed by atoms with Crippen molar-refractivity contribution in [3.63, 3.8) is 0 Å². The molecule has 0 bridgehead atoms. The molecule has 13 heavy (non-hydrogen) atoms. The molecule has 1 heteroatoms. The van der Waals surface area contributed by atoms with Crippen LogP contribution >= 0.6 is 0 Å². The van der Waals surface area contributed by atoms with Crippen LogP contribution in [0.1, 0.15) is 46.5 Å². The third kappa shape index (κ3) is 2.07. The molecule has 3 atom stereocenters. The maximum absolute atomic E-state index is 3.51. The summed E-state index contributed by atoms with van der Waals surface area (Å²) in [6, 6.07) is 0.843. The average molecular weight is 181 g/mol. The van der Waals surface area contributed by atoms with E-state index < -0.39 is 0 Å². The van der Waals surface area contributed by atoms with Crippen molar-refractivity contribution in [2.24, 2.45) is 17.3 Å². The first-order valence-corrected chi connectivity index (χ1v) is 5.83. The molecule has 0 aromatic rings. The highest BCUT2D eigenvalue weighted by Gasteiger charge is 2.43. The molecule has 1 aliphatic heterocycles. The summed E-state index contributed by atoms with van der Waals surface area (Å²) in [6.07, 6.45) is 5.77. The lowest BCUT2D eigenvalue weighted by Gasteiger charge is -2.30. The molecule has 1 nitrogen and oxygen atoms in total. The zero-order valence-corrected chi connectivity index (χ0v) is 9.27. The van der Waals surface area contributed by atoms with E-state index in [9.17, 15) is 0 Å². The van der Waals surface area contributed by atoms with Gasteiger partial charge in [0, 0.05) is 12.6 Å². The average Bonchev–Trinajstić information content (AvgIpc) is 2.80. The summed E-state index contributed by atoms with van der Waals surface area (Å²) in [7, 11) is 0. The summed E-state index contributed by atoms with van der Waals surface area (Å²) >= 11 is 0. The van der Waals surface area contributed by atoms with Crippen LogP contribution < -0.4 is 5.32 Å². The lowest BCUT2D eigenvalue weighted by molar-refractivity contribution is 0.220. The molecule has 1 aliphatic carbocycles. The van der Waals surface area contributed by atoms with Crippen LogP contribution in [0.15, 0.2) is 0 Å². The molecule has 1 N–H and O–H groups in total. The van der Waals surface area contributed by atoms with Gasteiger partial charge >= 0.3 is 0 Å². The van der Waals surface area contributed by atoms with Gasteiger partial charge in [-0.1, -0.05) is 33.6 Å². The van der Waals surface area contributed by atoms with E-state index in [1.165, 1.54) is 32.2 Å². The fourth-order valence-corrected chi connectivity index (χ4v) is 3.28. The minimum atomic E-state index is 0.606. The minimum absolute atomic E-state index is 0.606. The van der Waals surface area contributed by atoms with Gasteiger partial charge in [0.1, 0.15) is 0 Å². The monoisotopic (exact) mass is 181 g/mol. The molecule has 0 aromatic carbocycles. The van der Waals surface area contributed by atoms with Gasteiger partial charge in [-0.3, -0.25) is 0 Å². The van der Waals surface area contributed by atoms with Gasteiger partial charge in [0.2, 0.25) is 0 Å². The van der Waals surface area contributed by atoms with Gasteiger partial charge in [-0.25, -0.2) is 0 Å². The second-order valence-corrected chi connectivity index (χ2v) is 5.81. The molecule has 1 saturated carbocycles. The lowest BCUT2D eigenvalue weighted by Crippen LogP contribution is -2.28.